The predicted octanol–water partition coefficient (Wildman–Crippen LogP) is 5.87. The summed E-state index contributed by atoms with van der Waals surface area (Å²) in [5, 5.41) is 1.67. The summed E-state index contributed by atoms with van der Waals surface area (Å²) in [4.78, 5) is 19.7. The van der Waals surface area contributed by atoms with Crippen LogP contribution < -0.4 is 9.46 Å². The summed E-state index contributed by atoms with van der Waals surface area (Å²) in [6, 6.07) is 13.7. The molecule has 1 unspecified atom stereocenters. The van der Waals surface area contributed by atoms with Gasteiger partial charge in [0.15, 0.2) is 0 Å². The van der Waals surface area contributed by atoms with E-state index >= 15 is 0 Å². The number of carbonyl (C=O) groups is 1. The minimum absolute atomic E-state index is 0.107. The van der Waals surface area contributed by atoms with Crippen molar-refractivity contribution < 1.29 is 22.7 Å². The van der Waals surface area contributed by atoms with Crippen LogP contribution in [0.3, 0.4) is 0 Å². The van der Waals surface area contributed by atoms with Crippen molar-refractivity contribution in [2.75, 3.05) is 19.5 Å². The van der Waals surface area contributed by atoms with Crippen LogP contribution in [-0.2, 0) is 21.2 Å². The summed E-state index contributed by atoms with van der Waals surface area (Å²) in [5.74, 6) is 0.180. The van der Waals surface area contributed by atoms with Crippen LogP contribution in [0.15, 0.2) is 42.5 Å². The van der Waals surface area contributed by atoms with Crippen LogP contribution in [0.2, 0.25) is 0 Å². The quantitative estimate of drug-likeness (QED) is 0.308. The third-order valence-electron chi connectivity index (χ3n) is 7.23. The number of aryl methyl sites for hydroxylation is 1. The number of pyridine rings is 1. The second-order valence-electron chi connectivity index (χ2n) is 9.85. The summed E-state index contributed by atoms with van der Waals surface area (Å²) in [6.07, 6.45) is 3.18. The number of aromatic nitrogens is 1. The van der Waals surface area contributed by atoms with E-state index in [2.05, 4.69) is 23.8 Å². The van der Waals surface area contributed by atoms with Crippen molar-refractivity contribution in [3.8, 4) is 16.3 Å². The number of ether oxygens (including phenoxy) is 2. The van der Waals surface area contributed by atoms with Crippen molar-refractivity contribution in [2.24, 2.45) is 5.92 Å². The van der Waals surface area contributed by atoms with Crippen molar-refractivity contribution in [3.05, 3.63) is 59.2 Å². The van der Waals surface area contributed by atoms with Crippen molar-refractivity contribution >= 4 is 48.3 Å². The van der Waals surface area contributed by atoms with E-state index in [4.69, 9.17) is 14.5 Å². The van der Waals surface area contributed by atoms with Gasteiger partial charge in [-0.1, -0.05) is 31.2 Å². The molecule has 3 heterocycles. The highest BCUT2D eigenvalue weighted by Crippen LogP contribution is 2.42. The summed E-state index contributed by atoms with van der Waals surface area (Å²) >= 11 is 1.63. The van der Waals surface area contributed by atoms with E-state index < -0.39 is 15.9 Å². The lowest BCUT2D eigenvalue weighted by Crippen LogP contribution is -2.31. The van der Waals surface area contributed by atoms with E-state index in [0.29, 0.717) is 59.0 Å². The lowest BCUT2D eigenvalue weighted by atomic mass is 9.94. The maximum absolute atomic E-state index is 13.6. The Morgan fingerprint density at radius 1 is 1.18 bits per heavy atom. The highest BCUT2D eigenvalue weighted by molar-refractivity contribution is 7.89. The zero-order chi connectivity index (χ0) is 27.0. The van der Waals surface area contributed by atoms with E-state index in [1.54, 1.807) is 11.3 Å². The van der Waals surface area contributed by atoms with Gasteiger partial charge in [-0.2, -0.15) is 0 Å². The molecule has 9 heteroatoms. The van der Waals surface area contributed by atoms with Crippen LogP contribution in [0.5, 0.6) is 5.75 Å². The van der Waals surface area contributed by atoms with Gasteiger partial charge in [0.1, 0.15) is 5.75 Å². The highest BCUT2D eigenvalue weighted by Gasteiger charge is 2.28. The first-order valence-corrected chi connectivity index (χ1v) is 15.6. The molecule has 0 radical (unpaired) electrons. The molecular formula is C29H32N2O5S2. The largest absolute Gasteiger partial charge is 0.490 e. The van der Waals surface area contributed by atoms with Crippen LogP contribution in [0.4, 0.5) is 0 Å². The zero-order valence-corrected chi connectivity index (χ0v) is 23.7. The number of nitrogens with one attached hydrogen (secondary N) is 1. The Morgan fingerprint density at radius 3 is 2.61 bits per heavy atom. The van der Waals surface area contributed by atoms with Gasteiger partial charge in [-0.05, 0) is 73.7 Å². The minimum Gasteiger partial charge on any atom is -0.490 e. The van der Waals surface area contributed by atoms with Crippen molar-refractivity contribution in [3.63, 3.8) is 0 Å². The maximum atomic E-state index is 13.6. The SMILES string of the molecule is CCc1c(-c2sc3ccccc3c2C)nc2cccc(OC(C)C3CCOCC3)c2c1C(=O)NS(C)(=O)=O. The number of nitrogens with zero attached hydrogens (tertiary/aromatic N) is 1. The second kappa shape index (κ2) is 10.6. The Hall–Kier alpha value is -3.01. The Balaban J connectivity index is 1.74. The molecule has 1 aliphatic heterocycles. The van der Waals surface area contributed by atoms with Gasteiger partial charge in [-0.25, -0.2) is 18.1 Å². The van der Waals surface area contributed by atoms with Gasteiger partial charge in [0.25, 0.3) is 5.91 Å². The van der Waals surface area contributed by atoms with E-state index in [9.17, 15) is 13.2 Å². The number of amides is 1. The monoisotopic (exact) mass is 552 g/mol. The van der Waals surface area contributed by atoms with Crippen LogP contribution in [0, 0.1) is 12.8 Å². The molecule has 1 saturated heterocycles. The van der Waals surface area contributed by atoms with Crippen LogP contribution in [-0.4, -0.2) is 44.9 Å². The molecule has 4 aromatic rings. The maximum Gasteiger partial charge on any atom is 0.265 e. The average Bonchev–Trinajstić information content (AvgIpc) is 3.23. The third kappa shape index (κ3) is 5.15. The summed E-state index contributed by atoms with van der Waals surface area (Å²) < 4.78 is 39.6. The summed E-state index contributed by atoms with van der Waals surface area (Å²) in [5.41, 5.74) is 3.37. The van der Waals surface area contributed by atoms with Gasteiger partial charge < -0.3 is 9.47 Å². The average molecular weight is 553 g/mol. The number of fused-ring (bicyclic) bond motifs is 2. The van der Waals surface area contributed by atoms with Gasteiger partial charge in [0.2, 0.25) is 10.0 Å². The zero-order valence-electron chi connectivity index (χ0n) is 22.0. The molecule has 38 heavy (non-hydrogen) atoms. The molecule has 0 aliphatic carbocycles. The molecule has 1 aliphatic rings. The lowest BCUT2D eigenvalue weighted by molar-refractivity contribution is 0.0243. The smallest absolute Gasteiger partial charge is 0.265 e. The molecule has 1 amide bonds. The number of hydrogen-bond acceptors (Lipinski definition) is 7. The number of benzene rings is 2. The van der Waals surface area contributed by atoms with Gasteiger partial charge >= 0.3 is 0 Å². The highest BCUT2D eigenvalue weighted by atomic mass is 32.2. The number of sulfonamides is 1. The van der Waals surface area contributed by atoms with Crippen molar-refractivity contribution in [2.45, 2.75) is 46.1 Å². The molecule has 200 valence electrons. The molecule has 0 spiro atoms. The van der Waals surface area contributed by atoms with E-state index in [1.807, 2.05) is 44.2 Å². The van der Waals surface area contributed by atoms with Crippen LogP contribution >= 0.6 is 11.3 Å². The molecule has 7 nitrogen and oxygen atoms in total. The van der Waals surface area contributed by atoms with Crippen molar-refractivity contribution in [1.29, 1.82) is 0 Å². The topological polar surface area (TPSA) is 94.6 Å². The number of carbonyl (C=O) groups excluding carboxylic acids is 1. The Morgan fingerprint density at radius 2 is 1.92 bits per heavy atom. The first-order valence-electron chi connectivity index (χ1n) is 12.9. The molecule has 1 N–H and O–H groups in total. The Kier molecular flexibility index (Phi) is 7.44. The lowest BCUT2D eigenvalue weighted by Gasteiger charge is -2.29. The first kappa shape index (κ1) is 26.6. The molecule has 2 aromatic heterocycles. The summed E-state index contributed by atoms with van der Waals surface area (Å²) in [7, 11) is -3.80. The van der Waals surface area contributed by atoms with Gasteiger partial charge in [0.05, 0.1) is 39.4 Å². The van der Waals surface area contributed by atoms with Gasteiger partial charge in [-0.15, -0.1) is 11.3 Å². The molecule has 0 bridgehead atoms. The minimum atomic E-state index is -3.80. The van der Waals surface area contributed by atoms with Crippen LogP contribution in [0.25, 0.3) is 31.6 Å². The Bertz CT molecular complexity index is 1620. The molecule has 0 saturated carbocycles. The number of thiophene rings is 1. The fourth-order valence-electron chi connectivity index (χ4n) is 5.30. The van der Waals surface area contributed by atoms with E-state index in [1.165, 1.54) is 0 Å². The fraction of sp³-hybridized carbons (Fsp3) is 0.379. The first-order chi connectivity index (χ1) is 18.2. The second-order valence-corrected chi connectivity index (χ2v) is 12.6. The van der Waals surface area contributed by atoms with Crippen LogP contribution in [0.1, 0.15) is 48.2 Å². The van der Waals surface area contributed by atoms with E-state index in [-0.39, 0.29) is 6.10 Å². The van der Waals surface area contributed by atoms with Gasteiger partial charge in [0, 0.05) is 17.9 Å². The number of rotatable bonds is 7. The van der Waals surface area contributed by atoms with E-state index in [0.717, 1.165) is 39.6 Å². The molecule has 1 fully saturated rings. The predicted molar refractivity (Wildman–Crippen MR) is 153 cm³/mol. The number of hydrogen-bond donors (Lipinski definition) is 1. The molecular weight excluding hydrogens is 520 g/mol. The van der Waals surface area contributed by atoms with Gasteiger partial charge in [-0.3, -0.25) is 4.79 Å². The standard InChI is InChI=1S/C29H32N2O5S2/c1-5-20-25(29(32)31-38(4,33)34)26-22(10-8-11-23(26)36-18(3)19-13-15-35-16-14-19)30-27(20)28-17(2)21-9-6-7-12-24(21)37-28/h6-12,18-19H,5,13-16H2,1-4H3,(H,31,32). The molecule has 5 rings (SSSR count). The fourth-order valence-corrected chi connectivity index (χ4v) is 6.97. The summed E-state index contributed by atoms with van der Waals surface area (Å²) in [6.45, 7) is 7.46. The molecule has 1 atom stereocenters. The third-order valence-corrected chi connectivity index (χ3v) is 9.07. The Labute approximate surface area is 227 Å². The molecule has 2 aromatic carbocycles. The van der Waals surface area contributed by atoms with Crippen molar-refractivity contribution in [1.82, 2.24) is 9.71 Å². The normalized spacial score (nSPS) is 15.6.